The molecule has 0 saturated heterocycles. The van der Waals surface area contributed by atoms with E-state index in [0.717, 1.165) is 16.7 Å². The molecule has 0 aromatic heterocycles. The van der Waals surface area contributed by atoms with Crippen LogP contribution in [0.2, 0.25) is 5.02 Å². The van der Waals surface area contributed by atoms with Gasteiger partial charge in [0.05, 0.1) is 0 Å². The third kappa shape index (κ3) is 5.27. The molecule has 0 fully saturated rings. The second-order valence-corrected chi connectivity index (χ2v) is 8.47. The maximum Gasteiger partial charge on any atom is 0.584 e. The molecule has 1 N–H and O–H groups in total. The molecule has 0 aliphatic carbocycles. The molecule has 0 spiro atoms. The zero-order valence-electron chi connectivity index (χ0n) is 16.2. The number of hydrogen-bond donors (Lipinski definition) is 1. The summed E-state index contributed by atoms with van der Waals surface area (Å²) in [6.07, 6.45) is 0. The molecule has 1 unspecified atom stereocenters. The van der Waals surface area contributed by atoms with Crippen molar-refractivity contribution in [1.82, 2.24) is 0 Å². The Morgan fingerprint density at radius 3 is 2.10 bits per heavy atom. The molecule has 0 bridgehead atoms. The smallest absolute Gasteiger partial charge is 0.395 e. The number of rotatable bonds is 6. The van der Waals surface area contributed by atoms with E-state index in [0.29, 0.717) is 16.1 Å². The monoisotopic (exact) mass is 430 g/mol. The first-order valence-electron chi connectivity index (χ1n) is 8.85. The molecule has 7 heteroatoms. The van der Waals surface area contributed by atoms with Crippen molar-refractivity contribution in [2.45, 2.75) is 20.8 Å². The van der Waals surface area contributed by atoms with Gasteiger partial charge < -0.3 is 9.05 Å². The molecular weight excluding hydrogens is 411 g/mol. The van der Waals surface area contributed by atoms with E-state index in [-0.39, 0.29) is 17.3 Å². The number of aryl methyl sites for hydroxylation is 3. The van der Waals surface area contributed by atoms with E-state index in [4.69, 9.17) is 20.6 Å². The predicted octanol–water partition coefficient (Wildman–Crippen LogP) is 6.05. The molecule has 5 nitrogen and oxygen atoms in total. The van der Waals surface area contributed by atoms with E-state index in [9.17, 15) is 14.3 Å². The highest BCUT2D eigenvalue weighted by Crippen LogP contribution is 2.44. The van der Waals surface area contributed by atoms with Crippen molar-refractivity contribution in [3.05, 3.63) is 93.5 Å². The van der Waals surface area contributed by atoms with E-state index in [2.05, 4.69) is 0 Å². The average Bonchev–Trinajstić information content (AvgIpc) is 2.62. The summed E-state index contributed by atoms with van der Waals surface area (Å²) in [7, 11) is -4.45. The van der Waals surface area contributed by atoms with Crippen LogP contribution in [0.5, 0.6) is 11.5 Å². The van der Waals surface area contributed by atoms with Gasteiger partial charge in [0.1, 0.15) is 11.5 Å². The van der Waals surface area contributed by atoms with Gasteiger partial charge in [-0.2, -0.15) is 0 Å². The van der Waals surface area contributed by atoms with Gasteiger partial charge in [-0.05, 0) is 68.3 Å². The third-order valence-corrected chi connectivity index (χ3v) is 5.39. The Bertz CT molecular complexity index is 1090. The van der Waals surface area contributed by atoms with Gasteiger partial charge in [-0.25, -0.2) is 4.57 Å². The predicted molar refractivity (Wildman–Crippen MR) is 113 cm³/mol. The van der Waals surface area contributed by atoms with E-state index in [1.54, 1.807) is 12.1 Å². The van der Waals surface area contributed by atoms with Crippen LogP contribution in [0.3, 0.4) is 0 Å². The molecule has 3 aromatic carbocycles. The number of halogens is 1. The van der Waals surface area contributed by atoms with Crippen molar-refractivity contribution in [1.29, 1.82) is 0 Å². The lowest BCUT2D eigenvalue weighted by atomic mass is 9.93. The molecule has 0 aliphatic heterocycles. The topological polar surface area (TPSA) is 72.8 Å². The van der Waals surface area contributed by atoms with Crippen molar-refractivity contribution >= 4 is 25.2 Å². The lowest BCUT2D eigenvalue weighted by Gasteiger charge is -2.15. The normalized spacial score (nSPS) is 12.9. The summed E-state index contributed by atoms with van der Waals surface area (Å²) < 4.78 is 22.5. The maximum atomic E-state index is 13.0. The standard InChI is InChI=1S/C22H20ClO5P/c1-14-11-15(2)21(16(3)12-14)22(24)17-5-4-6-20(13-17)28-29(25,26)27-19-9-7-18(23)8-10-19/h4-13H,1-3H3,(H,25,26). The van der Waals surface area contributed by atoms with Gasteiger partial charge in [0, 0.05) is 16.1 Å². The van der Waals surface area contributed by atoms with Gasteiger partial charge in [-0.3, -0.25) is 9.69 Å². The molecule has 0 saturated carbocycles. The zero-order chi connectivity index (χ0) is 21.2. The fourth-order valence-electron chi connectivity index (χ4n) is 3.16. The van der Waals surface area contributed by atoms with Gasteiger partial charge >= 0.3 is 7.82 Å². The van der Waals surface area contributed by atoms with Gasteiger partial charge in [-0.15, -0.1) is 0 Å². The minimum atomic E-state index is -4.45. The Hall–Kier alpha value is -2.59. The summed E-state index contributed by atoms with van der Waals surface area (Å²) in [5, 5.41) is 0.471. The Labute approximate surface area is 174 Å². The number of ketones is 1. The van der Waals surface area contributed by atoms with E-state index >= 15 is 0 Å². The molecule has 0 amide bonds. The maximum absolute atomic E-state index is 13.0. The zero-order valence-corrected chi connectivity index (χ0v) is 17.8. The SMILES string of the molecule is Cc1cc(C)c(C(=O)c2cccc(OP(=O)(O)Oc3ccc(Cl)cc3)c2)c(C)c1. The molecule has 0 radical (unpaired) electrons. The summed E-state index contributed by atoms with van der Waals surface area (Å²) in [6, 6.07) is 16.0. The van der Waals surface area contributed by atoms with Gasteiger partial charge in [0.25, 0.3) is 0 Å². The third-order valence-electron chi connectivity index (χ3n) is 4.26. The van der Waals surface area contributed by atoms with Crippen molar-refractivity contribution in [3.8, 4) is 11.5 Å². The highest BCUT2D eigenvalue weighted by atomic mass is 35.5. The van der Waals surface area contributed by atoms with Gasteiger partial charge in [0.2, 0.25) is 0 Å². The minimum Gasteiger partial charge on any atom is -0.395 e. The minimum absolute atomic E-state index is 0.0538. The summed E-state index contributed by atoms with van der Waals surface area (Å²) >= 11 is 5.79. The average molecular weight is 431 g/mol. The molecule has 1 atom stereocenters. The summed E-state index contributed by atoms with van der Waals surface area (Å²) in [4.78, 5) is 23.1. The lowest BCUT2D eigenvalue weighted by Crippen LogP contribution is -2.07. The van der Waals surface area contributed by atoms with Crippen molar-refractivity contribution in [3.63, 3.8) is 0 Å². The summed E-state index contributed by atoms with van der Waals surface area (Å²) in [6.45, 7) is 5.74. The molecule has 150 valence electrons. The van der Waals surface area contributed by atoms with Crippen LogP contribution in [0, 0.1) is 20.8 Å². The van der Waals surface area contributed by atoms with Gasteiger partial charge in [-0.1, -0.05) is 41.4 Å². The van der Waals surface area contributed by atoms with Crippen molar-refractivity contribution < 1.29 is 23.3 Å². The van der Waals surface area contributed by atoms with Crippen LogP contribution in [0.15, 0.2) is 60.7 Å². The Kier molecular flexibility index (Phi) is 6.13. The fraction of sp³-hybridized carbons (Fsp3) is 0.136. The number of phosphoric ester groups is 1. The second-order valence-electron chi connectivity index (χ2n) is 6.74. The van der Waals surface area contributed by atoms with E-state index in [1.165, 1.54) is 36.4 Å². The lowest BCUT2D eigenvalue weighted by molar-refractivity contribution is 0.103. The quantitative estimate of drug-likeness (QED) is 0.380. The van der Waals surface area contributed by atoms with Crippen LogP contribution in [0.1, 0.15) is 32.6 Å². The molecule has 0 heterocycles. The van der Waals surface area contributed by atoms with E-state index < -0.39 is 7.82 Å². The van der Waals surface area contributed by atoms with Crippen LogP contribution < -0.4 is 9.05 Å². The second kappa shape index (κ2) is 8.42. The molecule has 0 aliphatic rings. The van der Waals surface area contributed by atoms with Crippen molar-refractivity contribution in [2.24, 2.45) is 0 Å². The molecule has 29 heavy (non-hydrogen) atoms. The largest absolute Gasteiger partial charge is 0.584 e. The number of carbonyl (C=O) groups is 1. The Morgan fingerprint density at radius 2 is 1.48 bits per heavy atom. The first-order chi connectivity index (χ1) is 13.6. The van der Waals surface area contributed by atoms with Crippen molar-refractivity contribution in [2.75, 3.05) is 0 Å². The molecular formula is C22H20ClO5P. The van der Waals surface area contributed by atoms with Crippen LogP contribution in [0.25, 0.3) is 0 Å². The Balaban J connectivity index is 1.83. The fourth-order valence-corrected chi connectivity index (χ4v) is 4.09. The van der Waals surface area contributed by atoms with Gasteiger partial charge in [0.15, 0.2) is 5.78 Å². The highest BCUT2D eigenvalue weighted by Gasteiger charge is 2.26. The van der Waals surface area contributed by atoms with Crippen LogP contribution >= 0.6 is 19.4 Å². The Morgan fingerprint density at radius 1 is 0.897 bits per heavy atom. The molecule has 3 aromatic rings. The van der Waals surface area contributed by atoms with Crippen LogP contribution in [0.4, 0.5) is 0 Å². The van der Waals surface area contributed by atoms with E-state index in [1.807, 2.05) is 32.9 Å². The number of benzene rings is 3. The molecule has 3 rings (SSSR count). The number of hydrogen-bond acceptors (Lipinski definition) is 4. The van der Waals surface area contributed by atoms with Crippen LogP contribution in [-0.2, 0) is 4.57 Å². The number of phosphoric acid groups is 1. The first kappa shape index (κ1) is 21.1. The first-order valence-corrected chi connectivity index (χ1v) is 10.7. The highest BCUT2D eigenvalue weighted by molar-refractivity contribution is 7.48. The number of carbonyl (C=O) groups excluding carboxylic acids is 1. The van der Waals surface area contributed by atoms with Crippen LogP contribution in [-0.4, -0.2) is 10.7 Å². The summed E-state index contributed by atoms with van der Waals surface area (Å²) in [5.74, 6) is 0.00766. The summed E-state index contributed by atoms with van der Waals surface area (Å²) in [5.41, 5.74) is 3.78.